The van der Waals surface area contributed by atoms with Crippen LogP contribution in [0.25, 0.3) is 0 Å². The van der Waals surface area contributed by atoms with Crippen LogP contribution in [0.15, 0.2) is 42.5 Å². The van der Waals surface area contributed by atoms with Crippen molar-refractivity contribution < 1.29 is 14.3 Å². The Hall–Kier alpha value is -3.02. The normalized spacial score (nSPS) is 14.0. The molecule has 0 bridgehead atoms. The van der Waals surface area contributed by atoms with Crippen molar-refractivity contribution >= 4 is 23.2 Å². The Morgan fingerprint density at radius 3 is 2.14 bits per heavy atom. The Morgan fingerprint density at radius 2 is 1.57 bits per heavy atom. The average molecular weight is 381 g/mol. The largest absolute Gasteiger partial charge is 0.484 e. The fraction of sp³-hybridized carbons (Fsp3) is 0.364. The lowest BCUT2D eigenvalue weighted by atomic mass is 10.1. The van der Waals surface area contributed by atoms with Crippen LogP contribution in [-0.2, 0) is 9.59 Å². The minimum atomic E-state index is -0.179. The van der Waals surface area contributed by atoms with Gasteiger partial charge in [-0.15, -0.1) is 0 Å². The molecular formula is C22H27N3O3. The molecule has 0 saturated carbocycles. The SMILES string of the molecule is CC(=O)N1CCN(c2ccc(OCC(=O)Nc3c(C)cccc3C)cc2)CC1. The minimum Gasteiger partial charge on any atom is -0.484 e. The molecule has 0 atom stereocenters. The zero-order valence-electron chi connectivity index (χ0n) is 16.7. The van der Waals surface area contributed by atoms with Crippen LogP contribution in [0.4, 0.5) is 11.4 Å². The van der Waals surface area contributed by atoms with Gasteiger partial charge in [0.25, 0.3) is 5.91 Å². The van der Waals surface area contributed by atoms with Gasteiger partial charge in [0.15, 0.2) is 6.61 Å². The number of carbonyl (C=O) groups excluding carboxylic acids is 2. The molecule has 0 radical (unpaired) electrons. The lowest BCUT2D eigenvalue weighted by Crippen LogP contribution is -2.48. The number of ether oxygens (including phenoxy) is 1. The van der Waals surface area contributed by atoms with Gasteiger partial charge >= 0.3 is 0 Å². The van der Waals surface area contributed by atoms with E-state index < -0.39 is 0 Å². The monoisotopic (exact) mass is 381 g/mol. The zero-order chi connectivity index (χ0) is 20.1. The van der Waals surface area contributed by atoms with Crippen molar-refractivity contribution in [2.45, 2.75) is 20.8 Å². The van der Waals surface area contributed by atoms with Gasteiger partial charge in [-0.25, -0.2) is 0 Å². The molecule has 1 heterocycles. The van der Waals surface area contributed by atoms with Gasteiger partial charge in [-0.1, -0.05) is 18.2 Å². The highest BCUT2D eigenvalue weighted by Gasteiger charge is 2.18. The minimum absolute atomic E-state index is 0.0373. The number of hydrogen-bond acceptors (Lipinski definition) is 4. The predicted molar refractivity (Wildman–Crippen MR) is 111 cm³/mol. The third-order valence-corrected chi connectivity index (χ3v) is 5.04. The molecule has 148 valence electrons. The maximum absolute atomic E-state index is 12.2. The fourth-order valence-corrected chi connectivity index (χ4v) is 3.37. The van der Waals surface area contributed by atoms with Gasteiger partial charge < -0.3 is 19.9 Å². The summed E-state index contributed by atoms with van der Waals surface area (Å²) in [4.78, 5) is 27.7. The highest BCUT2D eigenvalue weighted by molar-refractivity contribution is 5.93. The van der Waals surface area contributed by atoms with Crippen molar-refractivity contribution in [3.05, 3.63) is 53.6 Å². The molecule has 0 aromatic heterocycles. The first-order chi connectivity index (χ1) is 13.4. The molecular weight excluding hydrogens is 354 g/mol. The Balaban J connectivity index is 1.51. The van der Waals surface area contributed by atoms with Crippen molar-refractivity contribution in [2.24, 2.45) is 0 Å². The smallest absolute Gasteiger partial charge is 0.262 e. The Bertz CT molecular complexity index is 820. The van der Waals surface area contributed by atoms with Crippen molar-refractivity contribution in [3.8, 4) is 5.75 Å². The molecule has 2 aromatic rings. The van der Waals surface area contributed by atoms with Crippen LogP contribution in [0.3, 0.4) is 0 Å². The summed E-state index contributed by atoms with van der Waals surface area (Å²) in [5.41, 5.74) is 4.00. The van der Waals surface area contributed by atoms with Crippen LogP contribution in [0, 0.1) is 13.8 Å². The van der Waals surface area contributed by atoms with Gasteiger partial charge in [0.2, 0.25) is 5.91 Å². The Labute approximate surface area is 166 Å². The fourth-order valence-electron chi connectivity index (χ4n) is 3.37. The summed E-state index contributed by atoms with van der Waals surface area (Å²) in [5, 5.41) is 2.92. The quantitative estimate of drug-likeness (QED) is 0.865. The number of anilines is 2. The van der Waals surface area contributed by atoms with Crippen molar-refractivity contribution in [1.82, 2.24) is 4.90 Å². The number of nitrogens with one attached hydrogen (secondary N) is 1. The number of aryl methyl sites for hydroxylation is 2. The zero-order valence-corrected chi connectivity index (χ0v) is 16.7. The van der Waals surface area contributed by atoms with E-state index in [-0.39, 0.29) is 18.4 Å². The van der Waals surface area contributed by atoms with Crippen LogP contribution < -0.4 is 15.0 Å². The third-order valence-electron chi connectivity index (χ3n) is 5.04. The molecule has 6 nitrogen and oxygen atoms in total. The van der Waals surface area contributed by atoms with Gasteiger partial charge in [-0.3, -0.25) is 9.59 Å². The van der Waals surface area contributed by atoms with Gasteiger partial charge in [-0.2, -0.15) is 0 Å². The van der Waals surface area contributed by atoms with E-state index in [9.17, 15) is 9.59 Å². The second-order valence-corrected chi connectivity index (χ2v) is 7.09. The number of rotatable bonds is 5. The standard InChI is InChI=1S/C22H27N3O3/c1-16-5-4-6-17(2)22(16)23-21(27)15-28-20-9-7-19(8-10-20)25-13-11-24(12-14-25)18(3)26/h4-10H,11-15H2,1-3H3,(H,23,27). The predicted octanol–water partition coefficient (Wildman–Crippen LogP) is 2.99. The lowest BCUT2D eigenvalue weighted by molar-refractivity contribution is -0.129. The van der Waals surface area contributed by atoms with E-state index in [1.54, 1.807) is 6.92 Å². The molecule has 2 amide bonds. The highest BCUT2D eigenvalue weighted by Crippen LogP contribution is 2.22. The molecule has 1 N–H and O–H groups in total. The second-order valence-electron chi connectivity index (χ2n) is 7.09. The summed E-state index contributed by atoms with van der Waals surface area (Å²) in [5.74, 6) is 0.604. The van der Waals surface area contributed by atoms with E-state index in [1.165, 1.54) is 0 Å². The van der Waals surface area contributed by atoms with Crippen LogP contribution in [-0.4, -0.2) is 49.5 Å². The van der Waals surface area contributed by atoms with Crippen molar-refractivity contribution in [2.75, 3.05) is 43.0 Å². The summed E-state index contributed by atoms with van der Waals surface area (Å²) in [6.45, 7) is 8.63. The molecule has 6 heteroatoms. The van der Waals surface area contributed by atoms with E-state index in [4.69, 9.17) is 4.74 Å². The van der Waals surface area contributed by atoms with Gasteiger partial charge in [0.1, 0.15) is 5.75 Å². The average Bonchev–Trinajstić information content (AvgIpc) is 2.70. The topological polar surface area (TPSA) is 61.9 Å². The third kappa shape index (κ3) is 4.82. The van der Waals surface area contributed by atoms with Crippen molar-refractivity contribution in [3.63, 3.8) is 0 Å². The highest BCUT2D eigenvalue weighted by atomic mass is 16.5. The molecule has 28 heavy (non-hydrogen) atoms. The van der Waals surface area contributed by atoms with Gasteiger partial charge in [-0.05, 0) is 49.2 Å². The first-order valence-electron chi connectivity index (χ1n) is 9.53. The van der Waals surface area contributed by atoms with E-state index in [2.05, 4.69) is 10.2 Å². The number of carbonyl (C=O) groups is 2. The number of nitrogens with zero attached hydrogens (tertiary/aromatic N) is 2. The lowest BCUT2D eigenvalue weighted by Gasteiger charge is -2.35. The van der Waals surface area contributed by atoms with E-state index >= 15 is 0 Å². The van der Waals surface area contributed by atoms with Crippen LogP contribution in [0.2, 0.25) is 0 Å². The molecule has 1 aliphatic rings. The van der Waals surface area contributed by atoms with Crippen LogP contribution >= 0.6 is 0 Å². The first-order valence-corrected chi connectivity index (χ1v) is 9.53. The number of hydrogen-bond donors (Lipinski definition) is 1. The molecule has 1 saturated heterocycles. The maximum Gasteiger partial charge on any atom is 0.262 e. The summed E-state index contributed by atoms with van der Waals surface area (Å²) < 4.78 is 5.63. The number of para-hydroxylation sites is 1. The summed E-state index contributed by atoms with van der Waals surface area (Å²) in [6.07, 6.45) is 0. The second kappa shape index (κ2) is 8.78. The van der Waals surface area contributed by atoms with Gasteiger partial charge in [0.05, 0.1) is 0 Å². The van der Waals surface area contributed by atoms with Gasteiger partial charge in [0, 0.05) is 44.5 Å². The number of piperazine rings is 1. The van der Waals surface area contributed by atoms with E-state index in [1.807, 2.05) is 61.2 Å². The van der Waals surface area contributed by atoms with Crippen molar-refractivity contribution in [1.29, 1.82) is 0 Å². The molecule has 3 rings (SSSR count). The molecule has 0 spiro atoms. The first kappa shape index (κ1) is 19.7. The van der Waals surface area contributed by atoms with Crippen LogP contribution in [0.5, 0.6) is 5.75 Å². The van der Waals surface area contributed by atoms with E-state index in [0.717, 1.165) is 48.7 Å². The summed E-state index contributed by atoms with van der Waals surface area (Å²) in [7, 11) is 0. The molecule has 2 aromatic carbocycles. The Kier molecular flexibility index (Phi) is 6.19. The summed E-state index contributed by atoms with van der Waals surface area (Å²) >= 11 is 0. The van der Waals surface area contributed by atoms with E-state index in [0.29, 0.717) is 5.75 Å². The summed E-state index contributed by atoms with van der Waals surface area (Å²) in [6, 6.07) is 13.6. The molecule has 1 fully saturated rings. The molecule has 1 aliphatic heterocycles. The maximum atomic E-state index is 12.2. The molecule has 0 unspecified atom stereocenters. The van der Waals surface area contributed by atoms with Crippen LogP contribution in [0.1, 0.15) is 18.1 Å². The number of benzene rings is 2. The number of amides is 2. The molecule has 0 aliphatic carbocycles. The Morgan fingerprint density at radius 1 is 0.964 bits per heavy atom.